The summed E-state index contributed by atoms with van der Waals surface area (Å²) in [5, 5.41) is 3.43. The lowest BCUT2D eigenvalue weighted by Gasteiger charge is -2.24. The number of benzene rings is 1. The summed E-state index contributed by atoms with van der Waals surface area (Å²) in [6, 6.07) is 8.55. The second kappa shape index (κ2) is 5.37. The quantitative estimate of drug-likeness (QED) is 0.850. The summed E-state index contributed by atoms with van der Waals surface area (Å²) in [6.45, 7) is 5.97. The number of rotatable bonds is 2. The van der Waals surface area contributed by atoms with Crippen molar-refractivity contribution in [2.24, 2.45) is 0 Å². The molecule has 1 aliphatic heterocycles. The first-order valence-corrected chi connectivity index (χ1v) is 6.04. The third kappa shape index (κ3) is 2.57. The van der Waals surface area contributed by atoms with Crippen molar-refractivity contribution in [1.82, 2.24) is 5.32 Å². The lowest BCUT2D eigenvalue weighted by Crippen LogP contribution is -2.30. The smallest absolute Gasteiger partial charge is 0.0415 e. The van der Waals surface area contributed by atoms with Crippen LogP contribution in [0.4, 0.5) is 5.69 Å². The Morgan fingerprint density at radius 3 is 3.12 bits per heavy atom. The minimum Gasteiger partial charge on any atom is -0.366 e. The van der Waals surface area contributed by atoms with Crippen molar-refractivity contribution >= 4 is 17.3 Å². The summed E-state index contributed by atoms with van der Waals surface area (Å²) in [4.78, 5) is 2.38. The van der Waals surface area contributed by atoms with Crippen LogP contribution >= 0.6 is 11.6 Å². The van der Waals surface area contributed by atoms with Gasteiger partial charge in [0, 0.05) is 37.4 Å². The van der Waals surface area contributed by atoms with E-state index in [0.29, 0.717) is 0 Å². The van der Waals surface area contributed by atoms with Crippen molar-refractivity contribution in [3.63, 3.8) is 0 Å². The summed E-state index contributed by atoms with van der Waals surface area (Å²) in [5.41, 5.74) is 5.55. The van der Waals surface area contributed by atoms with Crippen LogP contribution in [0, 0.1) is 0 Å². The van der Waals surface area contributed by atoms with Gasteiger partial charge in [0.2, 0.25) is 0 Å². The maximum absolute atomic E-state index is 5.73. The summed E-state index contributed by atoms with van der Waals surface area (Å²) < 4.78 is 0. The van der Waals surface area contributed by atoms with Crippen LogP contribution in [0.2, 0.25) is 0 Å². The molecule has 2 rings (SSSR count). The average Bonchev–Trinajstić information content (AvgIpc) is 2.52. The van der Waals surface area contributed by atoms with E-state index in [1.165, 1.54) is 16.8 Å². The van der Waals surface area contributed by atoms with Crippen LogP contribution in [-0.4, -0.2) is 19.6 Å². The SMILES string of the molecule is C/C(=C/Cl)CN1CCNCc2ccccc21. The molecule has 0 amide bonds. The highest BCUT2D eigenvalue weighted by Gasteiger charge is 2.13. The van der Waals surface area contributed by atoms with Gasteiger partial charge in [0.25, 0.3) is 0 Å². The van der Waals surface area contributed by atoms with Gasteiger partial charge in [0.1, 0.15) is 0 Å². The van der Waals surface area contributed by atoms with E-state index < -0.39 is 0 Å². The van der Waals surface area contributed by atoms with E-state index in [2.05, 4.69) is 41.4 Å². The van der Waals surface area contributed by atoms with Crippen LogP contribution in [-0.2, 0) is 6.54 Å². The predicted octanol–water partition coefficient (Wildman–Crippen LogP) is 2.74. The normalized spacial score (nSPS) is 16.9. The van der Waals surface area contributed by atoms with E-state index in [-0.39, 0.29) is 0 Å². The number of fused-ring (bicyclic) bond motifs is 1. The number of nitrogens with one attached hydrogen (secondary N) is 1. The Morgan fingerprint density at radius 1 is 1.50 bits per heavy atom. The number of hydrogen-bond donors (Lipinski definition) is 1. The number of para-hydroxylation sites is 1. The van der Waals surface area contributed by atoms with Crippen molar-refractivity contribution in [2.75, 3.05) is 24.5 Å². The van der Waals surface area contributed by atoms with Gasteiger partial charge < -0.3 is 10.2 Å². The minimum atomic E-state index is 0.905. The van der Waals surface area contributed by atoms with Gasteiger partial charge in [-0.15, -0.1) is 0 Å². The number of halogens is 1. The van der Waals surface area contributed by atoms with Gasteiger partial charge >= 0.3 is 0 Å². The molecule has 1 aromatic carbocycles. The fourth-order valence-corrected chi connectivity index (χ4v) is 2.10. The van der Waals surface area contributed by atoms with E-state index in [4.69, 9.17) is 11.6 Å². The first-order chi connectivity index (χ1) is 7.81. The molecule has 0 saturated carbocycles. The molecular weight excluding hydrogens is 220 g/mol. The van der Waals surface area contributed by atoms with Gasteiger partial charge in [-0.3, -0.25) is 0 Å². The van der Waals surface area contributed by atoms with Gasteiger partial charge in [-0.1, -0.05) is 29.8 Å². The highest BCUT2D eigenvalue weighted by atomic mass is 35.5. The molecule has 0 bridgehead atoms. The largest absolute Gasteiger partial charge is 0.366 e. The molecule has 1 aromatic rings. The average molecular weight is 237 g/mol. The second-order valence-electron chi connectivity index (χ2n) is 4.18. The molecule has 1 aliphatic rings. The molecule has 0 radical (unpaired) electrons. The molecule has 1 heterocycles. The zero-order valence-electron chi connectivity index (χ0n) is 9.54. The fraction of sp³-hybridized carbons (Fsp3) is 0.385. The van der Waals surface area contributed by atoms with E-state index in [9.17, 15) is 0 Å². The van der Waals surface area contributed by atoms with Crippen molar-refractivity contribution < 1.29 is 0 Å². The Bertz CT molecular complexity index is 387. The monoisotopic (exact) mass is 236 g/mol. The van der Waals surface area contributed by atoms with E-state index in [1.54, 1.807) is 5.54 Å². The molecule has 3 heteroatoms. The molecule has 0 aromatic heterocycles. The Labute approximate surface area is 102 Å². The van der Waals surface area contributed by atoms with Crippen molar-refractivity contribution in [3.05, 3.63) is 40.9 Å². The number of hydrogen-bond acceptors (Lipinski definition) is 2. The summed E-state index contributed by atoms with van der Waals surface area (Å²) in [6.07, 6.45) is 0. The second-order valence-corrected chi connectivity index (χ2v) is 4.40. The molecule has 0 saturated heterocycles. The third-order valence-electron chi connectivity index (χ3n) is 2.83. The molecule has 0 spiro atoms. The minimum absolute atomic E-state index is 0.905. The van der Waals surface area contributed by atoms with Crippen LogP contribution in [0.15, 0.2) is 35.4 Å². The lowest BCUT2D eigenvalue weighted by molar-refractivity contribution is 0.697. The Hall–Kier alpha value is -0.990. The zero-order chi connectivity index (χ0) is 11.4. The van der Waals surface area contributed by atoms with Crippen LogP contribution in [0.1, 0.15) is 12.5 Å². The number of nitrogens with zero attached hydrogens (tertiary/aromatic N) is 1. The van der Waals surface area contributed by atoms with Crippen LogP contribution in [0.25, 0.3) is 0 Å². The van der Waals surface area contributed by atoms with Crippen molar-refractivity contribution in [1.29, 1.82) is 0 Å². The maximum Gasteiger partial charge on any atom is 0.0415 e. The molecule has 0 fully saturated rings. The molecule has 16 heavy (non-hydrogen) atoms. The molecule has 2 nitrogen and oxygen atoms in total. The predicted molar refractivity (Wildman–Crippen MR) is 70.0 cm³/mol. The highest BCUT2D eigenvalue weighted by Crippen LogP contribution is 2.22. The summed E-state index contributed by atoms with van der Waals surface area (Å²) >= 11 is 5.73. The summed E-state index contributed by atoms with van der Waals surface area (Å²) in [5.74, 6) is 0. The Morgan fingerprint density at radius 2 is 2.31 bits per heavy atom. The van der Waals surface area contributed by atoms with Crippen LogP contribution in [0.5, 0.6) is 0 Å². The molecule has 0 unspecified atom stereocenters. The first kappa shape index (κ1) is 11.5. The topological polar surface area (TPSA) is 15.3 Å². The van der Waals surface area contributed by atoms with Gasteiger partial charge in [0.15, 0.2) is 0 Å². The van der Waals surface area contributed by atoms with Crippen LogP contribution < -0.4 is 10.2 Å². The Balaban J connectivity index is 2.25. The van der Waals surface area contributed by atoms with Gasteiger partial charge in [-0.2, -0.15) is 0 Å². The highest BCUT2D eigenvalue weighted by molar-refractivity contribution is 6.25. The van der Waals surface area contributed by atoms with Gasteiger partial charge in [0.05, 0.1) is 0 Å². The third-order valence-corrected chi connectivity index (χ3v) is 3.21. The van der Waals surface area contributed by atoms with Crippen LogP contribution in [0.3, 0.4) is 0 Å². The first-order valence-electron chi connectivity index (χ1n) is 5.60. The molecule has 0 atom stereocenters. The maximum atomic E-state index is 5.73. The van der Waals surface area contributed by atoms with Crippen molar-refractivity contribution in [3.8, 4) is 0 Å². The standard InChI is InChI=1S/C13H17ClN2/c1-11(8-14)10-16-7-6-15-9-12-4-2-3-5-13(12)16/h2-5,8,15H,6-7,9-10H2,1H3/b11-8-. The fourth-order valence-electron chi connectivity index (χ4n) is 2.03. The van der Waals surface area contributed by atoms with E-state index >= 15 is 0 Å². The Kier molecular flexibility index (Phi) is 3.86. The van der Waals surface area contributed by atoms with Gasteiger partial charge in [-0.05, 0) is 24.1 Å². The lowest BCUT2D eigenvalue weighted by atomic mass is 10.1. The molecule has 1 N–H and O–H groups in total. The van der Waals surface area contributed by atoms with Crippen molar-refractivity contribution in [2.45, 2.75) is 13.5 Å². The van der Waals surface area contributed by atoms with E-state index in [0.717, 1.165) is 26.2 Å². The molecule has 86 valence electrons. The van der Waals surface area contributed by atoms with Gasteiger partial charge in [-0.25, -0.2) is 0 Å². The summed E-state index contributed by atoms with van der Waals surface area (Å²) in [7, 11) is 0. The number of anilines is 1. The molecular formula is C13H17ClN2. The zero-order valence-corrected chi connectivity index (χ0v) is 10.3. The van der Waals surface area contributed by atoms with E-state index in [1.807, 2.05) is 0 Å². The molecule has 0 aliphatic carbocycles.